The number of hydrogen-bond acceptors (Lipinski definition) is 4. The fraction of sp³-hybridized carbons (Fsp3) is 0.320. The van der Waals surface area contributed by atoms with Gasteiger partial charge in [0.05, 0.1) is 5.54 Å². The molecule has 1 saturated heterocycles. The molecule has 1 atom stereocenters. The Bertz CT molecular complexity index is 1080. The largest absolute Gasteiger partial charge is 0.345 e. The third kappa shape index (κ3) is 3.61. The van der Waals surface area contributed by atoms with Gasteiger partial charge in [-0.25, -0.2) is 9.97 Å². The zero-order valence-electron chi connectivity index (χ0n) is 17.3. The Morgan fingerprint density at radius 3 is 2.53 bits per heavy atom. The number of benzene rings is 2. The summed E-state index contributed by atoms with van der Waals surface area (Å²) < 4.78 is 0. The molecular weight excluding hydrogens is 372 g/mol. The average Bonchev–Trinajstić information content (AvgIpc) is 3.09. The highest BCUT2D eigenvalue weighted by atomic mass is 16.1. The van der Waals surface area contributed by atoms with Crippen molar-refractivity contribution in [3.8, 4) is 11.4 Å². The van der Waals surface area contributed by atoms with Gasteiger partial charge in [0.2, 0.25) is 0 Å². The van der Waals surface area contributed by atoms with Crippen molar-refractivity contribution in [3.05, 3.63) is 83.2 Å². The first-order chi connectivity index (χ1) is 14.6. The molecule has 5 rings (SSSR count). The first kappa shape index (κ1) is 18.9. The molecule has 0 bridgehead atoms. The fourth-order valence-electron chi connectivity index (χ4n) is 4.76. The molecule has 30 heavy (non-hydrogen) atoms. The number of likely N-dealkylation sites (tertiary alicyclic amines) is 1. The lowest BCUT2D eigenvalue weighted by Gasteiger charge is -2.29. The van der Waals surface area contributed by atoms with Crippen molar-refractivity contribution in [2.45, 2.75) is 38.3 Å². The van der Waals surface area contributed by atoms with Gasteiger partial charge in [0.1, 0.15) is 0 Å². The minimum atomic E-state index is -0.141. The Hall–Kier alpha value is -3.05. The average molecular weight is 399 g/mol. The van der Waals surface area contributed by atoms with Crippen LogP contribution in [0.3, 0.4) is 0 Å². The van der Waals surface area contributed by atoms with Crippen LogP contribution < -0.4 is 5.32 Å². The van der Waals surface area contributed by atoms with E-state index in [2.05, 4.69) is 45.3 Å². The van der Waals surface area contributed by atoms with Crippen molar-refractivity contribution in [2.75, 3.05) is 13.1 Å². The van der Waals surface area contributed by atoms with E-state index in [-0.39, 0.29) is 11.4 Å². The molecule has 3 aromatic rings. The van der Waals surface area contributed by atoms with Crippen LogP contribution in [0.4, 0.5) is 0 Å². The summed E-state index contributed by atoms with van der Waals surface area (Å²) in [5.41, 5.74) is 5.20. The third-order valence-electron chi connectivity index (χ3n) is 6.44. The maximum Gasteiger partial charge on any atom is 0.252 e. The molecular formula is C25H26N4O. The maximum atomic E-state index is 12.8. The molecule has 2 aliphatic rings. The molecule has 1 amide bonds. The Labute approximate surface area is 177 Å². The lowest BCUT2D eigenvalue weighted by atomic mass is 9.91. The quantitative estimate of drug-likeness (QED) is 0.730. The van der Waals surface area contributed by atoms with E-state index in [9.17, 15) is 4.79 Å². The molecule has 2 aliphatic heterocycles. The normalized spacial score (nSPS) is 21.3. The second-order valence-corrected chi connectivity index (χ2v) is 8.58. The second-order valence-electron chi connectivity index (χ2n) is 8.58. The summed E-state index contributed by atoms with van der Waals surface area (Å²) in [6.45, 7) is 4.72. The number of amides is 1. The number of hydrogen-bond donors (Lipinski definition) is 1. The van der Waals surface area contributed by atoms with Gasteiger partial charge in [-0.1, -0.05) is 42.5 Å². The zero-order valence-corrected chi connectivity index (χ0v) is 17.3. The predicted molar refractivity (Wildman–Crippen MR) is 117 cm³/mol. The molecule has 152 valence electrons. The summed E-state index contributed by atoms with van der Waals surface area (Å²) in [6.07, 6.45) is 6.77. The van der Waals surface area contributed by atoms with E-state index in [0.717, 1.165) is 67.0 Å². The van der Waals surface area contributed by atoms with Gasteiger partial charge in [-0.05, 0) is 43.4 Å². The number of nitrogens with zero attached hydrogens (tertiary/aromatic N) is 3. The molecule has 0 aliphatic carbocycles. The lowest BCUT2D eigenvalue weighted by Crippen LogP contribution is -2.49. The molecule has 1 aromatic heterocycles. The maximum absolute atomic E-state index is 12.8. The molecule has 3 heterocycles. The molecule has 1 fully saturated rings. The second kappa shape index (κ2) is 7.65. The van der Waals surface area contributed by atoms with Crippen LogP contribution in [-0.2, 0) is 13.0 Å². The molecule has 5 nitrogen and oxygen atoms in total. The summed E-state index contributed by atoms with van der Waals surface area (Å²) in [5, 5.41) is 3.35. The topological polar surface area (TPSA) is 58.1 Å². The van der Waals surface area contributed by atoms with Crippen LogP contribution in [0, 0.1) is 6.92 Å². The van der Waals surface area contributed by atoms with Gasteiger partial charge in [0.15, 0.2) is 5.82 Å². The minimum absolute atomic E-state index is 0.0656. The van der Waals surface area contributed by atoms with Crippen molar-refractivity contribution in [1.29, 1.82) is 0 Å². The highest BCUT2D eigenvalue weighted by Crippen LogP contribution is 2.31. The van der Waals surface area contributed by atoms with Gasteiger partial charge in [-0.15, -0.1) is 0 Å². The smallest absolute Gasteiger partial charge is 0.252 e. The zero-order chi connectivity index (χ0) is 20.6. The van der Waals surface area contributed by atoms with Crippen LogP contribution in [0.5, 0.6) is 0 Å². The number of aromatic nitrogens is 2. The van der Waals surface area contributed by atoms with Crippen LogP contribution in [0.2, 0.25) is 0 Å². The van der Waals surface area contributed by atoms with Gasteiger partial charge in [-0.2, -0.15) is 0 Å². The highest BCUT2D eigenvalue weighted by Gasteiger charge is 2.41. The van der Waals surface area contributed by atoms with E-state index in [1.54, 1.807) is 0 Å². The van der Waals surface area contributed by atoms with E-state index in [0.29, 0.717) is 0 Å². The van der Waals surface area contributed by atoms with Crippen molar-refractivity contribution >= 4 is 5.91 Å². The number of fused-ring (bicyclic) bond motifs is 1. The van der Waals surface area contributed by atoms with E-state index in [1.807, 2.05) is 42.7 Å². The van der Waals surface area contributed by atoms with Gasteiger partial charge < -0.3 is 5.32 Å². The van der Waals surface area contributed by atoms with Gasteiger partial charge in [0.25, 0.3) is 5.91 Å². The summed E-state index contributed by atoms with van der Waals surface area (Å²) >= 11 is 0. The number of carbonyl (C=O) groups is 1. The van der Waals surface area contributed by atoms with Gasteiger partial charge >= 0.3 is 0 Å². The summed E-state index contributed by atoms with van der Waals surface area (Å²) in [5.74, 6) is 0.833. The van der Waals surface area contributed by atoms with E-state index < -0.39 is 0 Å². The number of carbonyl (C=O) groups excluding carboxylic acids is 1. The van der Waals surface area contributed by atoms with Crippen LogP contribution >= 0.6 is 0 Å². The SMILES string of the molecule is Cc1ccccc1-c1ncc(CN2CC[C@]3(CCc4ccccc4C(=O)N3)C2)cn1. The van der Waals surface area contributed by atoms with E-state index in [4.69, 9.17) is 0 Å². The van der Waals surface area contributed by atoms with E-state index in [1.165, 1.54) is 5.56 Å². The first-order valence-corrected chi connectivity index (χ1v) is 10.6. The summed E-state index contributed by atoms with van der Waals surface area (Å²) in [7, 11) is 0. The molecule has 2 aromatic carbocycles. The van der Waals surface area contributed by atoms with E-state index >= 15 is 0 Å². The van der Waals surface area contributed by atoms with Crippen molar-refractivity contribution in [1.82, 2.24) is 20.2 Å². The summed E-state index contributed by atoms with van der Waals surface area (Å²) in [4.78, 5) is 24.4. The highest BCUT2D eigenvalue weighted by molar-refractivity contribution is 5.96. The van der Waals surface area contributed by atoms with Crippen LogP contribution in [0.25, 0.3) is 11.4 Å². The van der Waals surface area contributed by atoms with Crippen molar-refractivity contribution in [3.63, 3.8) is 0 Å². The Morgan fingerprint density at radius 1 is 1.00 bits per heavy atom. The standard InChI is InChI=1S/C25H26N4O/c1-18-6-2-4-8-21(18)23-26-14-19(15-27-23)16-29-13-12-25(17-29)11-10-20-7-3-5-9-22(20)24(30)28-25/h2-9,14-15H,10-13,16-17H2,1H3,(H,28,30)/t25-/m1/s1. The van der Waals surface area contributed by atoms with Crippen LogP contribution in [-0.4, -0.2) is 39.4 Å². The third-order valence-corrected chi connectivity index (χ3v) is 6.44. The molecule has 1 spiro atoms. The monoisotopic (exact) mass is 398 g/mol. The fourth-order valence-corrected chi connectivity index (χ4v) is 4.76. The Morgan fingerprint density at radius 2 is 1.73 bits per heavy atom. The Balaban J connectivity index is 1.27. The predicted octanol–water partition coefficient (Wildman–Crippen LogP) is 3.77. The van der Waals surface area contributed by atoms with Crippen molar-refractivity contribution in [2.24, 2.45) is 0 Å². The van der Waals surface area contributed by atoms with Crippen LogP contribution in [0.15, 0.2) is 60.9 Å². The van der Waals surface area contributed by atoms with Gasteiger partial charge in [0, 0.05) is 48.7 Å². The molecule has 5 heteroatoms. The molecule has 0 saturated carbocycles. The molecule has 0 unspecified atom stereocenters. The summed E-state index contributed by atoms with van der Waals surface area (Å²) in [6, 6.07) is 16.2. The van der Waals surface area contributed by atoms with Gasteiger partial charge in [-0.3, -0.25) is 9.69 Å². The van der Waals surface area contributed by atoms with Crippen LogP contribution in [0.1, 0.15) is 39.9 Å². The molecule has 0 radical (unpaired) electrons. The molecule has 1 N–H and O–H groups in total. The lowest BCUT2D eigenvalue weighted by molar-refractivity contribution is 0.0902. The number of rotatable bonds is 3. The number of aryl methyl sites for hydroxylation is 2. The number of nitrogens with one attached hydrogen (secondary N) is 1. The Kier molecular flexibility index (Phi) is 4.83. The first-order valence-electron chi connectivity index (χ1n) is 10.6. The minimum Gasteiger partial charge on any atom is -0.345 e. The van der Waals surface area contributed by atoms with Crippen molar-refractivity contribution < 1.29 is 4.79 Å².